The zero-order chi connectivity index (χ0) is 13.1. The third kappa shape index (κ3) is 3.46. The zero-order valence-corrected chi connectivity index (χ0v) is 12.2. The van der Waals surface area contributed by atoms with Gasteiger partial charge in [0.2, 0.25) is 0 Å². The highest BCUT2D eigenvalue weighted by molar-refractivity contribution is 7.83. The third-order valence-corrected chi connectivity index (χ3v) is 4.22. The summed E-state index contributed by atoms with van der Waals surface area (Å²) < 4.78 is 16.8. The number of hydrogen-bond acceptors (Lipinski definition) is 3. The molecule has 100 valence electrons. The molecule has 1 fully saturated rings. The second-order valence-corrected chi connectivity index (χ2v) is 6.48. The molecule has 0 aromatic heterocycles. The van der Waals surface area contributed by atoms with E-state index in [0.717, 1.165) is 24.3 Å². The van der Waals surface area contributed by atoms with Gasteiger partial charge in [-0.2, -0.15) is 0 Å². The lowest BCUT2D eigenvalue weighted by Crippen LogP contribution is -2.26. The maximum absolute atomic E-state index is 11.3. The summed E-state index contributed by atoms with van der Waals surface area (Å²) in [4.78, 5) is 0. The van der Waals surface area contributed by atoms with Crippen LogP contribution in [0.4, 0.5) is 5.69 Å². The molecule has 1 heterocycles. The van der Waals surface area contributed by atoms with E-state index in [1.165, 1.54) is 0 Å². The minimum absolute atomic E-state index is 0.226. The molecular weight excluding hydrogens is 270 g/mol. The molecule has 3 atom stereocenters. The van der Waals surface area contributed by atoms with Crippen LogP contribution in [0.3, 0.4) is 0 Å². The molecule has 2 rings (SSSR count). The van der Waals surface area contributed by atoms with Gasteiger partial charge in [0.15, 0.2) is 0 Å². The van der Waals surface area contributed by atoms with E-state index in [0.29, 0.717) is 16.8 Å². The first-order valence-electron chi connectivity index (χ1n) is 6.03. The van der Waals surface area contributed by atoms with E-state index in [9.17, 15) is 4.21 Å². The lowest BCUT2D eigenvalue weighted by molar-refractivity contribution is 0.121. The van der Waals surface area contributed by atoms with Crippen molar-refractivity contribution < 1.29 is 8.95 Å². The summed E-state index contributed by atoms with van der Waals surface area (Å²) in [6, 6.07) is 6.13. The van der Waals surface area contributed by atoms with Gasteiger partial charge in [-0.1, -0.05) is 11.6 Å². The molecule has 3 nitrogen and oxygen atoms in total. The van der Waals surface area contributed by atoms with Crippen molar-refractivity contribution in [2.75, 3.05) is 18.2 Å². The van der Waals surface area contributed by atoms with E-state index in [4.69, 9.17) is 16.3 Å². The molecule has 18 heavy (non-hydrogen) atoms. The molecular formula is C13H18ClNO2S. The van der Waals surface area contributed by atoms with Crippen LogP contribution >= 0.6 is 11.6 Å². The van der Waals surface area contributed by atoms with Crippen LogP contribution in [0, 0.1) is 0 Å². The number of ether oxygens (including phenoxy) is 1. The van der Waals surface area contributed by atoms with E-state index in [2.05, 4.69) is 12.2 Å². The fourth-order valence-electron chi connectivity index (χ4n) is 2.13. The van der Waals surface area contributed by atoms with Crippen molar-refractivity contribution >= 4 is 28.1 Å². The molecule has 0 spiro atoms. The third-order valence-electron chi connectivity index (χ3n) is 3.13. The molecule has 1 aliphatic rings. The molecule has 5 heteroatoms. The number of nitrogens with one attached hydrogen (secondary N) is 1. The first-order valence-corrected chi connectivity index (χ1v) is 8.13. The highest BCUT2D eigenvalue weighted by Crippen LogP contribution is 2.24. The smallest absolute Gasteiger partial charge is 0.0748 e. The molecule has 1 aromatic rings. The highest BCUT2D eigenvalue weighted by atomic mass is 35.5. The van der Waals surface area contributed by atoms with Crippen LogP contribution in [0.1, 0.15) is 18.9 Å². The number of benzene rings is 1. The van der Waals surface area contributed by atoms with Gasteiger partial charge in [-0.05, 0) is 37.1 Å². The Morgan fingerprint density at radius 1 is 1.56 bits per heavy atom. The van der Waals surface area contributed by atoms with Gasteiger partial charge in [0.05, 0.1) is 12.1 Å². The van der Waals surface area contributed by atoms with Crippen molar-refractivity contribution in [1.29, 1.82) is 0 Å². The van der Waals surface area contributed by atoms with Gasteiger partial charge in [0.1, 0.15) is 0 Å². The molecule has 0 bridgehead atoms. The number of rotatable bonds is 4. The standard InChI is InChI=1S/C13H18ClNO2S/c1-9-13(5-6-17-9)15-11-3-4-12(14)10(7-11)8-18(2)16/h3-4,7,9,13,15H,5-6,8H2,1-2H3. The van der Waals surface area contributed by atoms with E-state index < -0.39 is 10.8 Å². The maximum Gasteiger partial charge on any atom is 0.0748 e. The van der Waals surface area contributed by atoms with Gasteiger partial charge in [0.25, 0.3) is 0 Å². The van der Waals surface area contributed by atoms with Crippen molar-refractivity contribution in [2.24, 2.45) is 0 Å². The summed E-state index contributed by atoms with van der Waals surface area (Å²) in [7, 11) is -0.883. The Hall–Kier alpha value is -0.580. The zero-order valence-electron chi connectivity index (χ0n) is 10.6. The molecule has 0 saturated carbocycles. The molecule has 3 unspecified atom stereocenters. The Morgan fingerprint density at radius 3 is 2.94 bits per heavy atom. The van der Waals surface area contributed by atoms with Crippen LogP contribution in [0.5, 0.6) is 0 Å². The topological polar surface area (TPSA) is 38.3 Å². The van der Waals surface area contributed by atoms with Crippen LogP contribution in [0.2, 0.25) is 5.02 Å². The summed E-state index contributed by atoms with van der Waals surface area (Å²) in [5.41, 5.74) is 1.94. The first kappa shape index (κ1) is 13.8. The number of anilines is 1. The van der Waals surface area contributed by atoms with Gasteiger partial charge in [-0.15, -0.1) is 0 Å². The lowest BCUT2D eigenvalue weighted by atomic mass is 10.1. The minimum Gasteiger partial charge on any atom is -0.380 e. The fourth-order valence-corrected chi connectivity index (χ4v) is 3.07. The molecule has 0 aliphatic carbocycles. The summed E-state index contributed by atoms with van der Waals surface area (Å²) in [5, 5.41) is 4.12. The van der Waals surface area contributed by atoms with Crippen LogP contribution in [0.25, 0.3) is 0 Å². The Morgan fingerprint density at radius 2 is 2.33 bits per heavy atom. The highest BCUT2D eigenvalue weighted by Gasteiger charge is 2.23. The summed E-state index contributed by atoms with van der Waals surface area (Å²) in [6.45, 7) is 2.88. The van der Waals surface area contributed by atoms with Gasteiger partial charge >= 0.3 is 0 Å². The van der Waals surface area contributed by atoms with Crippen LogP contribution in [-0.4, -0.2) is 29.2 Å². The predicted molar refractivity (Wildman–Crippen MR) is 76.7 cm³/mol. The van der Waals surface area contributed by atoms with E-state index in [-0.39, 0.29) is 6.10 Å². The second kappa shape index (κ2) is 6.04. The SMILES string of the molecule is CC1OCCC1Nc1ccc(Cl)c(CS(C)=O)c1. The van der Waals surface area contributed by atoms with E-state index in [1.54, 1.807) is 6.26 Å². The average molecular weight is 288 g/mol. The van der Waals surface area contributed by atoms with Crippen molar-refractivity contribution in [1.82, 2.24) is 0 Å². The monoisotopic (exact) mass is 287 g/mol. The lowest BCUT2D eigenvalue weighted by Gasteiger charge is -2.18. The largest absolute Gasteiger partial charge is 0.380 e. The molecule has 0 radical (unpaired) electrons. The summed E-state index contributed by atoms with van der Waals surface area (Å²) in [5.74, 6) is 0.491. The van der Waals surface area contributed by atoms with Crippen molar-refractivity contribution in [3.63, 3.8) is 0 Å². The fraction of sp³-hybridized carbons (Fsp3) is 0.538. The molecule has 1 aliphatic heterocycles. The normalized spacial score (nSPS) is 25.1. The van der Waals surface area contributed by atoms with Crippen molar-refractivity contribution in [3.8, 4) is 0 Å². The molecule has 1 saturated heterocycles. The molecule has 1 N–H and O–H groups in total. The Labute approximate surface area is 115 Å². The van der Waals surface area contributed by atoms with Crippen LogP contribution < -0.4 is 5.32 Å². The average Bonchev–Trinajstić information content (AvgIpc) is 2.69. The number of hydrogen-bond donors (Lipinski definition) is 1. The van der Waals surface area contributed by atoms with Crippen LogP contribution in [-0.2, 0) is 21.3 Å². The van der Waals surface area contributed by atoms with Gasteiger partial charge in [-0.25, -0.2) is 0 Å². The molecule has 0 amide bonds. The number of halogens is 1. The maximum atomic E-state index is 11.3. The van der Waals surface area contributed by atoms with Crippen LogP contribution in [0.15, 0.2) is 18.2 Å². The van der Waals surface area contributed by atoms with Gasteiger partial charge in [-0.3, -0.25) is 4.21 Å². The minimum atomic E-state index is -0.883. The Balaban J connectivity index is 2.11. The van der Waals surface area contributed by atoms with Gasteiger partial charge in [0, 0.05) is 40.1 Å². The summed E-state index contributed by atoms with van der Waals surface area (Å²) in [6.07, 6.45) is 2.92. The van der Waals surface area contributed by atoms with Gasteiger partial charge < -0.3 is 10.1 Å². The van der Waals surface area contributed by atoms with Crippen molar-refractivity contribution in [2.45, 2.75) is 31.2 Å². The van der Waals surface area contributed by atoms with E-state index in [1.807, 2.05) is 18.2 Å². The first-order chi connectivity index (χ1) is 8.56. The predicted octanol–water partition coefficient (Wildman–Crippen LogP) is 2.81. The Kier molecular flexibility index (Phi) is 4.65. The second-order valence-electron chi connectivity index (χ2n) is 4.64. The Bertz CT molecular complexity index is 453. The van der Waals surface area contributed by atoms with E-state index >= 15 is 0 Å². The van der Waals surface area contributed by atoms with Crippen molar-refractivity contribution in [3.05, 3.63) is 28.8 Å². The molecule has 1 aromatic carbocycles. The quantitative estimate of drug-likeness (QED) is 0.925. The summed E-state index contributed by atoms with van der Waals surface area (Å²) >= 11 is 6.10.